The number of aryl methyl sites for hydroxylation is 2. The second-order valence-corrected chi connectivity index (χ2v) is 6.20. The number of fused-ring (bicyclic) bond motifs is 1. The fourth-order valence-corrected chi connectivity index (χ4v) is 3.89. The van der Waals surface area contributed by atoms with Crippen LogP contribution in [0.4, 0.5) is 0 Å². The molecule has 98 valence electrons. The Balaban J connectivity index is 1.66. The van der Waals surface area contributed by atoms with Gasteiger partial charge in [-0.05, 0) is 48.3 Å². The molecule has 1 aliphatic carbocycles. The summed E-state index contributed by atoms with van der Waals surface area (Å²) in [6, 6.07) is 12.5. The van der Waals surface area contributed by atoms with Crippen LogP contribution in [0.1, 0.15) is 41.2 Å². The number of hydrogen-bond donors (Lipinski definition) is 0. The van der Waals surface area contributed by atoms with E-state index in [2.05, 4.69) is 23.6 Å². The van der Waals surface area contributed by atoms with Crippen LogP contribution in [0.25, 0.3) is 0 Å². The summed E-state index contributed by atoms with van der Waals surface area (Å²) in [5.74, 6) is 0.585. The molecule has 0 bridgehead atoms. The number of benzene rings is 1. The first-order chi connectivity index (χ1) is 9.34. The molecule has 1 atom stereocenters. The highest BCUT2D eigenvalue weighted by Gasteiger charge is 2.26. The Bertz CT molecular complexity index is 556. The van der Waals surface area contributed by atoms with Crippen LogP contribution >= 0.6 is 11.3 Å². The Morgan fingerprint density at radius 3 is 2.89 bits per heavy atom. The van der Waals surface area contributed by atoms with Gasteiger partial charge in [-0.2, -0.15) is 0 Å². The van der Waals surface area contributed by atoms with Crippen LogP contribution in [0.3, 0.4) is 0 Å². The molecular weight excluding hydrogens is 252 g/mol. The molecule has 1 aromatic carbocycles. The number of rotatable bonds is 4. The third-order valence-corrected chi connectivity index (χ3v) is 4.94. The van der Waals surface area contributed by atoms with Crippen LogP contribution in [-0.2, 0) is 17.6 Å². The fraction of sp³-hybridized carbons (Fsp3) is 0.353. The normalized spacial score (nSPS) is 18.0. The van der Waals surface area contributed by atoms with Crippen molar-refractivity contribution in [2.24, 2.45) is 0 Å². The topological polar surface area (TPSA) is 17.1 Å². The highest BCUT2D eigenvalue weighted by atomic mass is 32.1. The number of carbonyl (C=O) groups is 1. The number of ketones is 1. The second kappa shape index (κ2) is 5.70. The molecule has 1 nitrogen and oxygen atoms in total. The first-order valence-electron chi connectivity index (χ1n) is 6.97. The SMILES string of the molecule is O=C(CCc1ccccc1)C1CCCc2sccc21. The van der Waals surface area contributed by atoms with Crippen LogP contribution in [0, 0.1) is 0 Å². The summed E-state index contributed by atoms with van der Waals surface area (Å²) < 4.78 is 0. The van der Waals surface area contributed by atoms with Gasteiger partial charge in [0.2, 0.25) is 0 Å². The average molecular weight is 270 g/mol. The van der Waals surface area contributed by atoms with Gasteiger partial charge in [0, 0.05) is 17.2 Å². The highest BCUT2D eigenvalue weighted by Crippen LogP contribution is 2.36. The molecule has 2 heteroatoms. The van der Waals surface area contributed by atoms with E-state index in [1.54, 1.807) is 0 Å². The van der Waals surface area contributed by atoms with Crippen molar-refractivity contribution >= 4 is 17.1 Å². The van der Waals surface area contributed by atoms with Gasteiger partial charge < -0.3 is 0 Å². The number of Topliss-reactive ketones (excluding diaryl/α,β-unsaturated/α-hetero) is 1. The summed E-state index contributed by atoms with van der Waals surface area (Å²) in [5, 5.41) is 2.13. The van der Waals surface area contributed by atoms with Crippen LogP contribution in [0.5, 0.6) is 0 Å². The van der Waals surface area contributed by atoms with Gasteiger partial charge >= 0.3 is 0 Å². The van der Waals surface area contributed by atoms with Crippen molar-refractivity contribution in [1.82, 2.24) is 0 Å². The number of thiophene rings is 1. The van der Waals surface area contributed by atoms with Gasteiger partial charge in [-0.1, -0.05) is 30.3 Å². The zero-order valence-electron chi connectivity index (χ0n) is 11.0. The summed E-state index contributed by atoms with van der Waals surface area (Å²) in [6.07, 6.45) is 4.90. The van der Waals surface area contributed by atoms with E-state index in [4.69, 9.17) is 0 Å². The predicted molar refractivity (Wildman–Crippen MR) is 79.8 cm³/mol. The minimum atomic E-state index is 0.165. The lowest BCUT2D eigenvalue weighted by Crippen LogP contribution is -2.17. The van der Waals surface area contributed by atoms with Crippen molar-refractivity contribution in [2.75, 3.05) is 0 Å². The maximum Gasteiger partial charge on any atom is 0.140 e. The fourth-order valence-electron chi connectivity index (χ4n) is 2.91. The van der Waals surface area contributed by atoms with Gasteiger partial charge in [0.05, 0.1) is 0 Å². The van der Waals surface area contributed by atoms with E-state index in [1.165, 1.54) is 16.0 Å². The van der Waals surface area contributed by atoms with Crippen molar-refractivity contribution in [1.29, 1.82) is 0 Å². The van der Waals surface area contributed by atoms with Crippen LogP contribution < -0.4 is 0 Å². The second-order valence-electron chi connectivity index (χ2n) is 5.20. The molecule has 1 unspecified atom stereocenters. The molecule has 0 saturated heterocycles. The van der Waals surface area contributed by atoms with Gasteiger partial charge in [-0.3, -0.25) is 4.79 Å². The Morgan fingerprint density at radius 1 is 1.21 bits per heavy atom. The van der Waals surface area contributed by atoms with E-state index in [0.717, 1.165) is 25.7 Å². The van der Waals surface area contributed by atoms with E-state index in [0.29, 0.717) is 12.2 Å². The van der Waals surface area contributed by atoms with Crippen LogP contribution in [0.15, 0.2) is 41.8 Å². The lowest BCUT2D eigenvalue weighted by molar-refractivity contribution is -0.120. The summed E-state index contributed by atoms with van der Waals surface area (Å²) in [4.78, 5) is 13.9. The maximum atomic E-state index is 12.4. The van der Waals surface area contributed by atoms with E-state index in [-0.39, 0.29) is 5.92 Å². The quantitative estimate of drug-likeness (QED) is 0.806. The predicted octanol–water partition coefficient (Wildman–Crippen LogP) is 4.37. The molecule has 19 heavy (non-hydrogen) atoms. The minimum absolute atomic E-state index is 0.165. The van der Waals surface area contributed by atoms with Crippen molar-refractivity contribution in [3.8, 4) is 0 Å². The van der Waals surface area contributed by atoms with Crippen molar-refractivity contribution in [3.63, 3.8) is 0 Å². The molecule has 0 amide bonds. The van der Waals surface area contributed by atoms with Crippen molar-refractivity contribution < 1.29 is 4.79 Å². The molecule has 2 aromatic rings. The molecule has 1 aromatic heterocycles. The molecule has 0 aliphatic heterocycles. The monoisotopic (exact) mass is 270 g/mol. The summed E-state index contributed by atoms with van der Waals surface area (Å²) in [6.45, 7) is 0. The zero-order chi connectivity index (χ0) is 13.1. The molecule has 3 rings (SSSR count). The van der Waals surface area contributed by atoms with Crippen molar-refractivity contribution in [2.45, 2.75) is 38.0 Å². The van der Waals surface area contributed by atoms with Gasteiger partial charge in [0.15, 0.2) is 0 Å². The largest absolute Gasteiger partial charge is 0.299 e. The molecule has 0 radical (unpaired) electrons. The Kier molecular flexibility index (Phi) is 3.79. The van der Waals surface area contributed by atoms with Gasteiger partial charge in [-0.25, -0.2) is 0 Å². The molecule has 0 fully saturated rings. The smallest absolute Gasteiger partial charge is 0.140 e. The van der Waals surface area contributed by atoms with Gasteiger partial charge in [0.1, 0.15) is 5.78 Å². The van der Waals surface area contributed by atoms with E-state index >= 15 is 0 Å². The summed E-state index contributed by atoms with van der Waals surface area (Å²) in [5.41, 5.74) is 2.58. The molecule has 0 N–H and O–H groups in total. The number of carbonyl (C=O) groups excluding carboxylic acids is 1. The Morgan fingerprint density at radius 2 is 2.05 bits per heavy atom. The lowest BCUT2D eigenvalue weighted by Gasteiger charge is -2.21. The third kappa shape index (κ3) is 2.79. The van der Waals surface area contributed by atoms with Crippen LogP contribution in [0.2, 0.25) is 0 Å². The van der Waals surface area contributed by atoms with E-state index in [1.807, 2.05) is 29.5 Å². The average Bonchev–Trinajstić information content (AvgIpc) is 2.94. The van der Waals surface area contributed by atoms with E-state index in [9.17, 15) is 4.79 Å². The molecular formula is C17H18OS. The van der Waals surface area contributed by atoms with Gasteiger partial charge in [-0.15, -0.1) is 11.3 Å². The maximum absolute atomic E-state index is 12.4. The summed E-state index contributed by atoms with van der Waals surface area (Å²) in [7, 11) is 0. The highest BCUT2D eigenvalue weighted by molar-refractivity contribution is 7.10. The van der Waals surface area contributed by atoms with Gasteiger partial charge in [0.25, 0.3) is 0 Å². The standard InChI is InChI=1S/C17H18OS/c18-16(10-9-13-5-2-1-3-6-13)14-7-4-8-17-15(14)11-12-19-17/h1-3,5-6,11-12,14H,4,7-10H2. The molecule has 0 spiro atoms. The molecule has 0 saturated carbocycles. The Hall–Kier alpha value is -1.41. The minimum Gasteiger partial charge on any atom is -0.299 e. The van der Waals surface area contributed by atoms with Crippen molar-refractivity contribution in [3.05, 3.63) is 57.8 Å². The Labute approximate surface area is 118 Å². The molecule has 1 aliphatic rings. The zero-order valence-corrected chi connectivity index (χ0v) is 11.8. The number of hydrogen-bond acceptors (Lipinski definition) is 2. The van der Waals surface area contributed by atoms with Crippen LogP contribution in [-0.4, -0.2) is 5.78 Å². The first kappa shape index (κ1) is 12.6. The third-order valence-electron chi connectivity index (χ3n) is 3.94. The first-order valence-corrected chi connectivity index (χ1v) is 7.85. The summed E-state index contributed by atoms with van der Waals surface area (Å²) >= 11 is 1.81. The van der Waals surface area contributed by atoms with E-state index < -0.39 is 0 Å². The molecule has 1 heterocycles. The lowest BCUT2D eigenvalue weighted by atomic mass is 9.83.